The topological polar surface area (TPSA) is 62.4 Å². The van der Waals surface area contributed by atoms with E-state index in [0.29, 0.717) is 9.64 Å². The summed E-state index contributed by atoms with van der Waals surface area (Å²) in [4.78, 5) is 32.5. The maximum Gasteiger partial charge on any atom is 0.248 e. The number of carbonyl (C=O) groups is 2. The van der Waals surface area contributed by atoms with E-state index in [-0.39, 0.29) is 17.7 Å². The van der Waals surface area contributed by atoms with Gasteiger partial charge in [0.15, 0.2) is 3.95 Å². The number of ether oxygens (including phenoxy) is 1. The maximum atomic E-state index is 13.6. The highest BCUT2D eigenvalue weighted by Crippen LogP contribution is 2.54. The average molecular weight is 519 g/mol. The summed E-state index contributed by atoms with van der Waals surface area (Å²) >= 11 is 11.7. The summed E-state index contributed by atoms with van der Waals surface area (Å²) in [6.45, 7) is 0. The van der Waals surface area contributed by atoms with Crippen molar-refractivity contribution in [3.05, 3.63) is 67.4 Å². The lowest BCUT2D eigenvalue weighted by Crippen LogP contribution is -2.32. The molecule has 0 spiro atoms. The molecule has 9 heteroatoms. The van der Waals surface area contributed by atoms with Crippen LogP contribution in [0.3, 0.4) is 0 Å². The van der Waals surface area contributed by atoms with E-state index in [4.69, 9.17) is 17.0 Å². The molecule has 3 atom stereocenters. The molecule has 5 rings (SSSR count). The second-order valence-corrected chi connectivity index (χ2v) is 10.8. The van der Waals surface area contributed by atoms with Crippen molar-refractivity contribution in [2.45, 2.75) is 16.2 Å². The van der Waals surface area contributed by atoms with Gasteiger partial charge in [-0.1, -0.05) is 39.8 Å². The summed E-state index contributed by atoms with van der Waals surface area (Å²) in [5, 5.41) is 0.381. The van der Waals surface area contributed by atoms with E-state index in [0.717, 1.165) is 25.7 Å². The highest BCUT2D eigenvalue weighted by atomic mass is 79.9. The molecule has 152 valence electrons. The van der Waals surface area contributed by atoms with Crippen LogP contribution in [0.2, 0.25) is 0 Å². The third-order valence-corrected chi connectivity index (χ3v) is 8.67. The van der Waals surface area contributed by atoms with E-state index in [1.54, 1.807) is 19.2 Å². The van der Waals surface area contributed by atoms with E-state index < -0.39 is 11.2 Å². The molecule has 2 aliphatic rings. The van der Waals surface area contributed by atoms with Crippen LogP contribution in [0.4, 0.5) is 5.69 Å². The molecule has 3 unspecified atom stereocenters. The number of amides is 2. The maximum absolute atomic E-state index is 13.6. The average Bonchev–Trinajstić information content (AvgIpc) is 3.24. The first-order valence-corrected chi connectivity index (χ1v) is 12.0. The van der Waals surface area contributed by atoms with Crippen molar-refractivity contribution in [3.8, 4) is 5.75 Å². The van der Waals surface area contributed by atoms with Crippen molar-refractivity contribution in [1.29, 1.82) is 0 Å². The van der Waals surface area contributed by atoms with Gasteiger partial charge in [0, 0.05) is 15.3 Å². The van der Waals surface area contributed by atoms with Gasteiger partial charge in [-0.3, -0.25) is 9.59 Å². The Morgan fingerprint density at radius 1 is 1.07 bits per heavy atom. The third-order valence-electron chi connectivity index (χ3n) is 5.38. The van der Waals surface area contributed by atoms with Crippen LogP contribution in [0.25, 0.3) is 0 Å². The quantitative estimate of drug-likeness (QED) is 0.372. The van der Waals surface area contributed by atoms with Crippen molar-refractivity contribution in [1.82, 2.24) is 4.98 Å². The number of fused-ring (bicyclic) bond motifs is 2. The Labute approximate surface area is 194 Å². The molecule has 0 radical (unpaired) electrons. The van der Waals surface area contributed by atoms with Gasteiger partial charge in [0.1, 0.15) is 11.0 Å². The molecule has 5 nitrogen and oxygen atoms in total. The zero-order valence-electron chi connectivity index (χ0n) is 15.6. The van der Waals surface area contributed by atoms with E-state index in [9.17, 15) is 9.59 Å². The lowest BCUT2D eigenvalue weighted by Gasteiger charge is -2.30. The molecule has 1 fully saturated rings. The van der Waals surface area contributed by atoms with Crippen molar-refractivity contribution in [2.24, 2.45) is 5.92 Å². The van der Waals surface area contributed by atoms with Gasteiger partial charge in [-0.25, -0.2) is 4.90 Å². The Kier molecular flexibility index (Phi) is 5.09. The lowest BCUT2D eigenvalue weighted by molar-refractivity contribution is -0.122. The van der Waals surface area contributed by atoms with Crippen LogP contribution in [-0.4, -0.2) is 29.2 Å². The Bertz CT molecular complexity index is 1200. The minimum Gasteiger partial charge on any atom is -0.497 e. The monoisotopic (exact) mass is 518 g/mol. The normalized spacial score (nSPS) is 22.7. The summed E-state index contributed by atoms with van der Waals surface area (Å²) in [6, 6.07) is 14.9. The standard InChI is InChI=1S/C21H15BrN2O3S3/c1-27-13-8-2-10(3-9-13)14-15-17(29-18-16(14)30-21(28)23-18)20(26)24(19(15)25)12-6-4-11(22)5-7-12/h2-9,14-15,17H,1H3,(H,23,28). The van der Waals surface area contributed by atoms with Gasteiger partial charge >= 0.3 is 0 Å². The molecule has 1 aromatic heterocycles. The molecule has 1 N–H and O–H groups in total. The largest absolute Gasteiger partial charge is 0.497 e. The molecule has 3 heterocycles. The van der Waals surface area contributed by atoms with E-state index in [1.807, 2.05) is 36.4 Å². The Morgan fingerprint density at radius 3 is 2.43 bits per heavy atom. The van der Waals surface area contributed by atoms with Gasteiger partial charge in [0.2, 0.25) is 11.8 Å². The van der Waals surface area contributed by atoms with Gasteiger partial charge in [-0.2, -0.15) is 0 Å². The minimum atomic E-state index is -0.499. The summed E-state index contributed by atoms with van der Waals surface area (Å²) in [5.74, 6) is -0.356. The van der Waals surface area contributed by atoms with Gasteiger partial charge in [-0.05, 0) is 54.2 Å². The fourth-order valence-electron chi connectivity index (χ4n) is 4.03. The molecule has 2 amide bonds. The van der Waals surface area contributed by atoms with E-state index >= 15 is 0 Å². The van der Waals surface area contributed by atoms with E-state index in [2.05, 4.69) is 20.9 Å². The number of thioether (sulfide) groups is 1. The Hall–Kier alpha value is -1.94. The second-order valence-electron chi connectivity index (χ2n) is 7.01. The Morgan fingerprint density at radius 2 is 1.77 bits per heavy atom. The number of carbonyl (C=O) groups excluding carboxylic acids is 2. The number of rotatable bonds is 3. The van der Waals surface area contributed by atoms with Gasteiger partial charge in [0.05, 0.1) is 23.7 Å². The fraction of sp³-hybridized carbons (Fsp3) is 0.190. The number of H-pyrrole nitrogens is 1. The zero-order chi connectivity index (χ0) is 21.0. The van der Waals surface area contributed by atoms with Gasteiger partial charge < -0.3 is 9.72 Å². The first-order valence-electron chi connectivity index (χ1n) is 9.15. The number of nitrogens with zero attached hydrogens (tertiary/aromatic N) is 1. The number of aromatic amines is 1. The molecular weight excluding hydrogens is 504 g/mol. The zero-order valence-corrected chi connectivity index (χ0v) is 19.7. The van der Waals surface area contributed by atoms with Crippen LogP contribution >= 0.6 is 51.2 Å². The van der Waals surface area contributed by atoms with Gasteiger partial charge in [0.25, 0.3) is 0 Å². The van der Waals surface area contributed by atoms with Crippen LogP contribution in [0, 0.1) is 9.87 Å². The summed E-state index contributed by atoms with van der Waals surface area (Å²) in [6.07, 6.45) is 0. The Balaban J connectivity index is 1.63. The number of hydrogen-bond donors (Lipinski definition) is 1. The number of benzene rings is 2. The molecule has 30 heavy (non-hydrogen) atoms. The minimum absolute atomic E-state index is 0.175. The number of aromatic nitrogens is 1. The first-order chi connectivity index (χ1) is 14.5. The SMILES string of the molecule is COc1ccc(C2c3sc(=S)[nH]c3SC3C(=O)N(c4ccc(Br)cc4)C(=O)C32)cc1. The number of methoxy groups -OCH3 is 1. The number of halogens is 1. The smallest absolute Gasteiger partial charge is 0.248 e. The van der Waals surface area contributed by atoms with Crippen molar-refractivity contribution < 1.29 is 14.3 Å². The highest BCUT2D eigenvalue weighted by Gasteiger charge is 2.56. The van der Waals surface area contributed by atoms with Crippen molar-refractivity contribution in [3.63, 3.8) is 0 Å². The fourth-order valence-corrected chi connectivity index (χ4v) is 7.26. The van der Waals surface area contributed by atoms with Crippen LogP contribution in [0.15, 0.2) is 58.0 Å². The number of anilines is 1. The van der Waals surface area contributed by atoms with Crippen LogP contribution in [-0.2, 0) is 9.59 Å². The third kappa shape index (κ3) is 3.15. The summed E-state index contributed by atoms with van der Waals surface area (Å²) < 4.78 is 6.82. The van der Waals surface area contributed by atoms with Crippen molar-refractivity contribution in [2.75, 3.05) is 12.0 Å². The molecular formula is C21H15BrN2O3S3. The van der Waals surface area contributed by atoms with Crippen LogP contribution in [0.1, 0.15) is 16.4 Å². The molecule has 0 bridgehead atoms. The van der Waals surface area contributed by atoms with Crippen LogP contribution in [0.5, 0.6) is 5.75 Å². The summed E-state index contributed by atoms with van der Waals surface area (Å²) in [5.41, 5.74) is 1.56. The van der Waals surface area contributed by atoms with E-state index in [1.165, 1.54) is 28.0 Å². The number of thiazole rings is 1. The van der Waals surface area contributed by atoms with Gasteiger partial charge in [-0.15, -0.1) is 11.3 Å². The highest BCUT2D eigenvalue weighted by molar-refractivity contribution is 9.10. The molecule has 1 saturated heterocycles. The second kappa shape index (κ2) is 7.64. The molecule has 2 aromatic carbocycles. The predicted molar refractivity (Wildman–Crippen MR) is 124 cm³/mol. The van der Waals surface area contributed by atoms with Crippen LogP contribution < -0.4 is 9.64 Å². The predicted octanol–water partition coefficient (Wildman–Crippen LogP) is 5.37. The summed E-state index contributed by atoms with van der Waals surface area (Å²) in [7, 11) is 1.62. The molecule has 0 saturated carbocycles. The molecule has 2 aliphatic heterocycles. The molecule has 3 aromatic rings. The van der Waals surface area contributed by atoms with Crippen molar-refractivity contribution >= 4 is 68.7 Å². The lowest BCUT2D eigenvalue weighted by atomic mass is 9.83. The first kappa shape index (κ1) is 20.0. The number of hydrogen-bond acceptors (Lipinski definition) is 6. The number of imide groups is 1. The number of nitrogens with one attached hydrogen (secondary N) is 1. The molecule has 0 aliphatic carbocycles.